The minimum Gasteiger partial charge on any atom is -0.330 e. The molecule has 3 N–H and O–H groups in total. The fourth-order valence-corrected chi connectivity index (χ4v) is 1.96. The van der Waals surface area contributed by atoms with Crippen LogP contribution in [0.1, 0.15) is 42.5 Å². The van der Waals surface area contributed by atoms with E-state index in [2.05, 4.69) is 52.1 Å². The van der Waals surface area contributed by atoms with Crippen LogP contribution in [0.3, 0.4) is 0 Å². The van der Waals surface area contributed by atoms with Crippen LogP contribution in [0.5, 0.6) is 0 Å². The van der Waals surface area contributed by atoms with Gasteiger partial charge in [0.2, 0.25) is 0 Å². The Morgan fingerprint density at radius 1 is 1.11 bits per heavy atom. The van der Waals surface area contributed by atoms with E-state index in [0.29, 0.717) is 0 Å². The fourth-order valence-electron chi connectivity index (χ4n) is 1.96. The number of hydrogen-bond donors (Lipinski definition) is 2. The molecule has 0 aliphatic rings. The van der Waals surface area contributed by atoms with Gasteiger partial charge < -0.3 is 11.1 Å². The molecule has 0 aliphatic carbocycles. The second-order valence-electron chi connectivity index (χ2n) is 6.09. The van der Waals surface area contributed by atoms with Gasteiger partial charge in [0.05, 0.1) is 0 Å². The van der Waals surface area contributed by atoms with Crippen LogP contribution >= 0.6 is 0 Å². The molecular formula is C16H28N2. The van der Waals surface area contributed by atoms with Gasteiger partial charge in [-0.25, -0.2) is 0 Å². The van der Waals surface area contributed by atoms with Crippen LogP contribution in [0.15, 0.2) is 12.1 Å². The summed E-state index contributed by atoms with van der Waals surface area (Å²) in [4.78, 5) is 0. The zero-order valence-electron chi connectivity index (χ0n) is 12.6. The lowest BCUT2D eigenvalue weighted by molar-refractivity contribution is 0.339. The van der Waals surface area contributed by atoms with E-state index in [1.54, 1.807) is 0 Å². The SMILES string of the molecule is Cc1ccc(CNCCC(C)(C)CN)c(C)c1C. The quantitative estimate of drug-likeness (QED) is 0.759. The second kappa shape index (κ2) is 6.35. The van der Waals surface area contributed by atoms with Gasteiger partial charge in [0, 0.05) is 6.54 Å². The van der Waals surface area contributed by atoms with Crippen LogP contribution in [-0.4, -0.2) is 13.1 Å². The zero-order valence-corrected chi connectivity index (χ0v) is 12.6. The van der Waals surface area contributed by atoms with Crippen molar-refractivity contribution in [2.45, 2.75) is 47.6 Å². The van der Waals surface area contributed by atoms with E-state index in [9.17, 15) is 0 Å². The molecular weight excluding hydrogens is 220 g/mol. The molecule has 0 saturated carbocycles. The van der Waals surface area contributed by atoms with Crippen LogP contribution in [0, 0.1) is 26.2 Å². The summed E-state index contributed by atoms with van der Waals surface area (Å²) in [6.07, 6.45) is 1.12. The minimum absolute atomic E-state index is 0.241. The number of nitrogens with two attached hydrogens (primary N) is 1. The van der Waals surface area contributed by atoms with Crippen LogP contribution in [0.2, 0.25) is 0 Å². The van der Waals surface area contributed by atoms with E-state index in [-0.39, 0.29) is 5.41 Å². The third-order valence-electron chi connectivity index (χ3n) is 4.02. The highest BCUT2D eigenvalue weighted by Crippen LogP contribution is 2.18. The first-order valence-electron chi connectivity index (χ1n) is 6.84. The van der Waals surface area contributed by atoms with Gasteiger partial charge in [-0.2, -0.15) is 0 Å². The maximum atomic E-state index is 5.73. The maximum Gasteiger partial charge on any atom is 0.0208 e. The summed E-state index contributed by atoms with van der Waals surface area (Å²) in [5, 5.41) is 3.52. The molecule has 0 radical (unpaired) electrons. The lowest BCUT2D eigenvalue weighted by Crippen LogP contribution is -2.28. The predicted molar refractivity (Wildman–Crippen MR) is 79.8 cm³/mol. The average Bonchev–Trinajstić information content (AvgIpc) is 2.34. The van der Waals surface area contributed by atoms with Crippen LogP contribution in [0.4, 0.5) is 0 Å². The molecule has 0 unspecified atom stereocenters. The van der Waals surface area contributed by atoms with Crippen molar-refractivity contribution in [3.63, 3.8) is 0 Å². The molecule has 1 aromatic rings. The second-order valence-corrected chi connectivity index (χ2v) is 6.09. The van der Waals surface area contributed by atoms with E-state index in [4.69, 9.17) is 5.73 Å². The van der Waals surface area contributed by atoms with Crippen molar-refractivity contribution in [3.8, 4) is 0 Å². The van der Waals surface area contributed by atoms with E-state index in [1.807, 2.05) is 0 Å². The molecule has 0 aliphatic heterocycles. The first-order chi connectivity index (χ1) is 8.37. The summed E-state index contributed by atoms with van der Waals surface area (Å²) in [5.74, 6) is 0. The normalized spacial score (nSPS) is 11.9. The molecule has 18 heavy (non-hydrogen) atoms. The molecule has 1 aromatic carbocycles. The average molecular weight is 248 g/mol. The number of nitrogens with one attached hydrogen (secondary N) is 1. The monoisotopic (exact) mass is 248 g/mol. The fraction of sp³-hybridized carbons (Fsp3) is 0.625. The van der Waals surface area contributed by atoms with Gasteiger partial charge in [0.25, 0.3) is 0 Å². The third kappa shape index (κ3) is 4.11. The van der Waals surface area contributed by atoms with Gasteiger partial charge in [-0.1, -0.05) is 26.0 Å². The highest BCUT2D eigenvalue weighted by Gasteiger charge is 2.14. The van der Waals surface area contributed by atoms with Crippen molar-refractivity contribution in [3.05, 3.63) is 34.4 Å². The molecule has 102 valence electrons. The molecule has 1 rings (SSSR count). The predicted octanol–water partition coefficient (Wildman–Crippen LogP) is 3.08. The van der Waals surface area contributed by atoms with Crippen LogP contribution < -0.4 is 11.1 Å². The molecule has 0 atom stereocenters. The molecule has 2 heteroatoms. The van der Waals surface area contributed by atoms with Gasteiger partial charge in [-0.3, -0.25) is 0 Å². The molecule has 0 saturated heterocycles. The maximum absolute atomic E-state index is 5.73. The van der Waals surface area contributed by atoms with E-state index in [1.165, 1.54) is 22.3 Å². The molecule has 0 amide bonds. The lowest BCUT2D eigenvalue weighted by Gasteiger charge is -2.22. The molecule has 0 spiro atoms. The van der Waals surface area contributed by atoms with Crippen molar-refractivity contribution in [2.24, 2.45) is 11.1 Å². The van der Waals surface area contributed by atoms with E-state index < -0.39 is 0 Å². The Morgan fingerprint density at radius 2 is 1.78 bits per heavy atom. The van der Waals surface area contributed by atoms with Gasteiger partial charge >= 0.3 is 0 Å². The number of benzene rings is 1. The Morgan fingerprint density at radius 3 is 2.39 bits per heavy atom. The van der Waals surface area contributed by atoms with Crippen molar-refractivity contribution >= 4 is 0 Å². The first-order valence-corrected chi connectivity index (χ1v) is 6.84. The van der Waals surface area contributed by atoms with Crippen LogP contribution in [0.25, 0.3) is 0 Å². The summed E-state index contributed by atoms with van der Waals surface area (Å²) in [5.41, 5.74) is 11.6. The molecule has 0 fully saturated rings. The Bertz CT molecular complexity index is 394. The first kappa shape index (κ1) is 15.2. The summed E-state index contributed by atoms with van der Waals surface area (Å²) < 4.78 is 0. The Kier molecular flexibility index (Phi) is 5.36. The highest BCUT2D eigenvalue weighted by atomic mass is 14.8. The molecule has 2 nitrogen and oxygen atoms in total. The lowest BCUT2D eigenvalue weighted by atomic mass is 9.89. The Labute approximate surface area is 112 Å². The molecule has 0 heterocycles. The summed E-state index contributed by atoms with van der Waals surface area (Å²) >= 11 is 0. The van der Waals surface area contributed by atoms with Crippen molar-refractivity contribution in [1.29, 1.82) is 0 Å². The van der Waals surface area contributed by atoms with Crippen molar-refractivity contribution < 1.29 is 0 Å². The number of rotatable bonds is 6. The van der Waals surface area contributed by atoms with Crippen LogP contribution in [-0.2, 0) is 6.54 Å². The Hall–Kier alpha value is -0.860. The third-order valence-corrected chi connectivity index (χ3v) is 4.02. The summed E-state index contributed by atoms with van der Waals surface area (Å²) in [6, 6.07) is 4.45. The van der Waals surface area contributed by atoms with E-state index in [0.717, 1.165) is 26.1 Å². The zero-order chi connectivity index (χ0) is 13.8. The Balaban J connectivity index is 2.48. The highest BCUT2D eigenvalue weighted by molar-refractivity contribution is 5.38. The summed E-state index contributed by atoms with van der Waals surface area (Å²) in [7, 11) is 0. The number of hydrogen-bond acceptors (Lipinski definition) is 2. The van der Waals surface area contributed by atoms with Crippen molar-refractivity contribution in [1.82, 2.24) is 5.32 Å². The molecule has 0 aromatic heterocycles. The standard InChI is InChI=1S/C16H28N2/c1-12-6-7-15(14(3)13(12)2)10-18-9-8-16(4,5)11-17/h6-7,18H,8-11,17H2,1-5H3. The van der Waals surface area contributed by atoms with Gasteiger partial charge in [0.15, 0.2) is 0 Å². The topological polar surface area (TPSA) is 38.0 Å². The van der Waals surface area contributed by atoms with Gasteiger partial charge in [-0.15, -0.1) is 0 Å². The molecule has 0 bridgehead atoms. The number of aryl methyl sites for hydroxylation is 1. The largest absolute Gasteiger partial charge is 0.330 e. The van der Waals surface area contributed by atoms with Gasteiger partial charge in [0.1, 0.15) is 0 Å². The minimum atomic E-state index is 0.241. The smallest absolute Gasteiger partial charge is 0.0208 e. The van der Waals surface area contributed by atoms with E-state index >= 15 is 0 Å². The van der Waals surface area contributed by atoms with Gasteiger partial charge in [-0.05, 0) is 68.0 Å². The van der Waals surface area contributed by atoms with Crippen molar-refractivity contribution in [2.75, 3.05) is 13.1 Å². The summed E-state index contributed by atoms with van der Waals surface area (Å²) in [6.45, 7) is 13.7.